The van der Waals surface area contributed by atoms with E-state index < -0.39 is 102 Å². The first-order chi connectivity index (χ1) is 26.7. The number of hydrogen-bond acceptors (Lipinski definition) is 8. The van der Waals surface area contributed by atoms with Gasteiger partial charge in [-0.15, -0.1) is 0 Å². The van der Waals surface area contributed by atoms with Gasteiger partial charge >= 0.3 is 6.18 Å². The van der Waals surface area contributed by atoms with Crippen LogP contribution >= 0.6 is 0 Å². The second-order valence-corrected chi connectivity index (χ2v) is 16.0. The fraction of sp³-hybridized carbons (Fsp3) is 0.675. The molecule has 0 aromatic heterocycles. The summed E-state index contributed by atoms with van der Waals surface area (Å²) in [4.78, 5) is 93.8. The fourth-order valence-corrected chi connectivity index (χ4v) is 7.34. The van der Waals surface area contributed by atoms with Crippen LogP contribution in [0.25, 0.3) is 0 Å². The fourth-order valence-electron chi connectivity index (χ4n) is 7.34. The molecule has 2 aliphatic rings. The molecule has 5 unspecified atom stereocenters. The lowest BCUT2D eigenvalue weighted by atomic mass is 9.83. The maximum atomic E-state index is 14.6. The molecule has 2 fully saturated rings. The zero-order chi connectivity index (χ0) is 42.5. The van der Waals surface area contributed by atoms with Crippen molar-refractivity contribution in [2.75, 3.05) is 13.1 Å². The van der Waals surface area contributed by atoms with Gasteiger partial charge in [-0.3, -0.25) is 33.6 Å². The van der Waals surface area contributed by atoms with Crippen LogP contribution in [0.15, 0.2) is 24.3 Å². The Morgan fingerprint density at radius 3 is 2.18 bits per heavy atom. The second-order valence-electron chi connectivity index (χ2n) is 16.0. The molecule has 5 atom stereocenters. The number of hydrogen-bond donors (Lipinski definition) is 5. The van der Waals surface area contributed by atoms with Crippen LogP contribution in [0, 0.1) is 5.92 Å². The van der Waals surface area contributed by atoms with Gasteiger partial charge in [-0.2, -0.15) is 13.2 Å². The van der Waals surface area contributed by atoms with Crippen molar-refractivity contribution in [3.63, 3.8) is 0 Å². The number of carbonyl (C=O) groups is 7. The van der Waals surface area contributed by atoms with Crippen LogP contribution in [-0.2, 0) is 50.9 Å². The highest BCUT2D eigenvalue weighted by molar-refractivity contribution is 6.38. The Morgan fingerprint density at radius 2 is 1.58 bits per heavy atom. The Labute approximate surface area is 332 Å². The minimum absolute atomic E-state index is 0.0204. The molecule has 1 saturated heterocycles. The zero-order valence-corrected chi connectivity index (χ0v) is 33.6. The van der Waals surface area contributed by atoms with Gasteiger partial charge in [-0.1, -0.05) is 70.6 Å². The molecule has 6 amide bonds. The summed E-state index contributed by atoms with van der Waals surface area (Å²) < 4.78 is 46.3. The lowest BCUT2D eigenvalue weighted by Crippen LogP contribution is -2.58. The second kappa shape index (κ2) is 21.3. The van der Waals surface area contributed by atoms with Gasteiger partial charge in [0.05, 0.1) is 36.3 Å². The summed E-state index contributed by atoms with van der Waals surface area (Å²) in [6, 6.07) is -0.0884. The van der Waals surface area contributed by atoms with E-state index in [9.17, 15) is 46.7 Å². The van der Waals surface area contributed by atoms with Gasteiger partial charge < -0.3 is 36.6 Å². The lowest BCUT2D eigenvalue weighted by molar-refractivity contribution is -0.144. The summed E-state index contributed by atoms with van der Waals surface area (Å²) in [5.74, 6) is -5.86. The summed E-state index contributed by atoms with van der Waals surface area (Å²) in [5.41, 5.74) is 3.93. The number of nitrogens with one attached hydrogen (secondary N) is 4. The number of likely N-dealkylation sites (tertiary alicyclic amines) is 1. The Bertz CT molecular complexity index is 1590. The van der Waals surface area contributed by atoms with Crippen molar-refractivity contribution < 1.29 is 51.5 Å². The lowest BCUT2D eigenvalue weighted by Gasteiger charge is -2.35. The summed E-state index contributed by atoms with van der Waals surface area (Å²) >= 11 is 0. The Hall–Kier alpha value is -4.54. The SMILES string of the molecule is CCCCC(NC(=O)CNC(=O)C(=O)C(CCC)NC(=O)C1CC(OC(C)(C)C)CN1C(=O)C(NC(=O)Cc1cccc(C(F)(F)F)c1)C1CCCCC1)C(N)=O. The molecule has 17 heteroatoms. The molecule has 1 aliphatic heterocycles. The average Bonchev–Trinajstić information content (AvgIpc) is 3.56. The number of halogens is 3. The molecule has 1 aromatic carbocycles. The van der Waals surface area contributed by atoms with Crippen molar-refractivity contribution in [2.45, 2.75) is 154 Å². The van der Waals surface area contributed by atoms with Crippen molar-refractivity contribution in [3.8, 4) is 0 Å². The van der Waals surface area contributed by atoms with Crippen LogP contribution < -0.4 is 27.0 Å². The highest BCUT2D eigenvalue weighted by Gasteiger charge is 2.46. The molecule has 0 bridgehead atoms. The van der Waals surface area contributed by atoms with Gasteiger partial charge in [0.15, 0.2) is 0 Å². The van der Waals surface area contributed by atoms with Gasteiger partial charge in [-0.25, -0.2) is 0 Å². The molecule has 1 heterocycles. The quantitative estimate of drug-likeness (QED) is 0.131. The average molecular weight is 809 g/mol. The number of ether oxygens (including phenoxy) is 1. The molecule has 14 nitrogen and oxygen atoms in total. The predicted octanol–water partition coefficient (Wildman–Crippen LogP) is 3.23. The van der Waals surface area contributed by atoms with Crippen molar-refractivity contribution in [3.05, 3.63) is 35.4 Å². The van der Waals surface area contributed by atoms with Crippen molar-refractivity contribution >= 4 is 41.2 Å². The molecular formula is C40H59F3N6O8. The summed E-state index contributed by atoms with van der Waals surface area (Å²) in [6.45, 7) is 8.47. The van der Waals surface area contributed by atoms with Crippen molar-refractivity contribution in [1.82, 2.24) is 26.2 Å². The Kier molecular flexibility index (Phi) is 17.5. The number of nitrogens with two attached hydrogens (primary N) is 1. The van der Waals surface area contributed by atoms with Gasteiger partial charge in [-0.05, 0) is 64.0 Å². The molecule has 1 saturated carbocycles. The summed E-state index contributed by atoms with van der Waals surface area (Å²) in [6.07, 6.45) is 0.310. The first-order valence-corrected chi connectivity index (χ1v) is 19.9. The minimum atomic E-state index is -4.60. The van der Waals surface area contributed by atoms with Crippen LogP contribution in [0.1, 0.15) is 116 Å². The van der Waals surface area contributed by atoms with E-state index >= 15 is 0 Å². The summed E-state index contributed by atoms with van der Waals surface area (Å²) in [5, 5.41) is 10.1. The van der Waals surface area contributed by atoms with Gasteiger partial charge in [0.1, 0.15) is 18.1 Å². The first-order valence-electron chi connectivity index (χ1n) is 19.9. The number of benzene rings is 1. The van der Waals surface area contributed by atoms with Gasteiger partial charge in [0, 0.05) is 13.0 Å². The molecule has 6 N–H and O–H groups in total. The monoisotopic (exact) mass is 808 g/mol. The van der Waals surface area contributed by atoms with Crippen LogP contribution in [-0.4, -0.2) is 95.1 Å². The van der Waals surface area contributed by atoms with E-state index in [0.29, 0.717) is 32.1 Å². The number of carbonyl (C=O) groups excluding carboxylic acids is 7. The first kappa shape index (κ1) is 46.8. The molecule has 1 aliphatic carbocycles. The third kappa shape index (κ3) is 14.7. The number of nitrogens with zero attached hydrogens (tertiary/aromatic N) is 1. The number of primary amides is 1. The Balaban J connectivity index is 1.81. The van der Waals surface area contributed by atoms with E-state index in [1.807, 2.05) is 27.7 Å². The van der Waals surface area contributed by atoms with E-state index in [1.165, 1.54) is 17.0 Å². The topological polar surface area (TPSA) is 206 Å². The minimum Gasteiger partial charge on any atom is -0.371 e. The molecule has 57 heavy (non-hydrogen) atoms. The van der Waals surface area contributed by atoms with Gasteiger partial charge in [0.25, 0.3) is 5.91 Å². The van der Waals surface area contributed by atoms with Crippen LogP contribution in [0.5, 0.6) is 0 Å². The molecule has 0 radical (unpaired) electrons. The van der Waals surface area contributed by atoms with E-state index in [4.69, 9.17) is 10.5 Å². The maximum absolute atomic E-state index is 14.6. The van der Waals surface area contributed by atoms with Crippen LogP contribution in [0.2, 0.25) is 0 Å². The number of amides is 6. The maximum Gasteiger partial charge on any atom is 0.416 e. The zero-order valence-electron chi connectivity index (χ0n) is 33.6. The predicted molar refractivity (Wildman–Crippen MR) is 204 cm³/mol. The van der Waals surface area contributed by atoms with Crippen LogP contribution in [0.3, 0.4) is 0 Å². The smallest absolute Gasteiger partial charge is 0.371 e. The number of unbranched alkanes of at least 4 members (excludes halogenated alkanes) is 1. The van der Waals surface area contributed by atoms with E-state index in [-0.39, 0.29) is 30.9 Å². The molecule has 1 aromatic rings. The third-order valence-electron chi connectivity index (χ3n) is 10.1. The highest BCUT2D eigenvalue weighted by atomic mass is 19.4. The third-order valence-corrected chi connectivity index (χ3v) is 10.1. The normalized spacial score (nSPS) is 19.2. The molecule has 3 rings (SSSR count). The van der Waals surface area contributed by atoms with Crippen molar-refractivity contribution in [2.24, 2.45) is 11.7 Å². The van der Waals surface area contributed by atoms with Crippen molar-refractivity contribution in [1.29, 1.82) is 0 Å². The van der Waals surface area contributed by atoms with E-state index in [0.717, 1.165) is 37.8 Å². The standard InChI is InChI=1S/C40H59F3N6O8/c1-6-8-18-29(35(44)53)46-32(51)22-45-37(55)34(52)28(13-7-2)47-36(54)30-21-27(57-39(3,4)5)23-49(30)38(56)33(25-15-10-9-11-16-25)48-31(50)20-24-14-12-17-26(19-24)40(41,42)43/h12,14,17,19,25,27-30,33H,6-11,13,15-16,18,20-23H2,1-5H3,(H2,44,53)(H,45,55)(H,46,51)(H,47,54)(H,48,50). The largest absolute Gasteiger partial charge is 0.416 e. The molecular weight excluding hydrogens is 749 g/mol. The van der Waals surface area contributed by atoms with Gasteiger partial charge in [0.2, 0.25) is 35.3 Å². The molecule has 0 spiro atoms. The summed E-state index contributed by atoms with van der Waals surface area (Å²) in [7, 11) is 0. The number of rotatable bonds is 19. The van der Waals surface area contributed by atoms with E-state index in [1.54, 1.807) is 6.92 Å². The number of alkyl halides is 3. The number of Topliss-reactive ketones (excluding diaryl/α,β-unsaturated/α-hetero) is 1. The molecule has 318 valence electrons. The highest BCUT2D eigenvalue weighted by Crippen LogP contribution is 2.32. The van der Waals surface area contributed by atoms with E-state index in [2.05, 4.69) is 21.3 Å². The number of ketones is 1. The van der Waals surface area contributed by atoms with Crippen LogP contribution in [0.4, 0.5) is 13.2 Å². The Morgan fingerprint density at radius 1 is 0.895 bits per heavy atom.